The Balaban J connectivity index is 1.83. The monoisotopic (exact) mass is 332 g/mol. The van der Waals surface area contributed by atoms with Crippen LogP contribution in [0.5, 0.6) is 0 Å². The first-order valence-corrected chi connectivity index (χ1v) is 7.31. The van der Waals surface area contributed by atoms with E-state index >= 15 is 0 Å². The zero-order chi connectivity index (χ0) is 15.5. The second-order valence-corrected chi connectivity index (χ2v) is 5.53. The minimum atomic E-state index is -0.255. The van der Waals surface area contributed by atoms with E-state index in [1.165, 1.54) is 12.1 Å². The van der Waals surface area contributed by atoms with E-state index in [0.717, 1.165) is 16.8 Å². The second-order valence-electron chi connectivity index (χ2n) is 4.69. The number of H-pyrrole nitrogens is 1. The minimum absolute atomic E-state index is 0.255. The Bertz CT molecular complexity index is 823. The Labute approximate surface area is 137 Å². The number of aromatic amines is 1. The van der Waals surface area contributed by atoms with E-state index in [-0.39, 0.29) is 5.82 Å². The fourth-order valence-electron chi connectivity index (χ4n) is 2.02. The third-order valence-corrected chi connectivity index (χ3v) is 3.67. The van der Waals surface area contributed by atoms with Crippen LogP contribution >= 0.6 is 23.2 Å². The molecular formula is C17H11Cl2FN2. The maximum Gasteiger partial charge on any atom is 0.130 e. The van der Waals surface area contributed by atoms with E-state index in [0.29, 0.717) is 15.9 Å². The standard InChI is InChI=1S/C17H11Cl2FN2/c18-12-4-7-14(15(19)9-12)16-10-21-17(22-16)8-3-11-1-5-13(20)6-2-11/h1-10H,(H,21,22)/b8-3+. The number of nitrogens with one attached hydrogen (secondary N) is 1. The number of nitrogens with zero attached hydrogens (tertiary/aromatic N) is 1. The molecular weight excluding hydrogens is 322 g/mol. The molecule has 1 N–H and O–H groups in total. The summed E-state index contributed by atoms with van der Waals surface area (Å²) in [5, 5.41) is 1.15. The summed E-state index contributed by atoms with van der Waals surface area (Å²) >= 11 is 12.1. The predicted molar refractivity (Wildman–Crippen MR) is 89.4 cm³/mol. The van der Waals surface area contributed by atoms with Crippen molar-refractivity contribution in [3.8, 4) is 11.3 Å². The Hall–Kier alpha value is -2.10. The largest absolute Gasteiger partial charge is 0.338 e. The van der Waals surface area contributed by atoms with Crippen LogP contribution < -0.4 is 0 Å². The third kappa shape index (κ3) is 3.38. The molecule has 2 aromatic carbocycles. The van der Waals surface area contributed by atoms with Gasteiger partial charge in [-0.3, -0.25) is 0 Å². The molecule has 0 radical (unpaired) electrons. The molecule has 2 nitrogen and oxygen atoms in total. The zero-order valence-corrected chi connectivity index (χ0v) is 12.9. The van der Waals surface area contributed by atoms with Gasteiger partial charge in [-0.25, -0.2) is 9.37 Å². The highest BCUT2D eigenvalue weighted by Crippen LogP contribution is 2.29. The summed E-state index contributed by atoms with van der Waals surface area (Å²) < 4.78 is 12.8. The topological polar surface area (TPSA) is 28.7 Å². The fraction of sp³-hybridized carbons (Fsp3) is 0. The quantitative estimate of drug-likeness (QED) is 0.655. The van der Waals surface area contributed by atoms with E-state index in [9.17, 15) is 4.39 Å². The molecule has 1 aromatic heterocycles. The van der Waals surface area contributed by atoms with Crippen molar-refractivity contribution in [2.45, 2.75) is 0 Å². The van der Waals surface area contributed by atoms with E-state index in [4.69, 9.17) is 23.2 Å². The van der Waals surface area contributed by atoms with Gasteiger partial charge in [0.1, 0.15) is 11.6 Å². The Kier molecular flexibility index (Phi) is 4.27. The van der Waals surface area contributed by atoms with Crippen molar-refractivity contribution in [3.63, 3.8) is 0 Å². The van der Waals surface area contributed by atoms with E-state index < -0.39 is 0 Å². The van der Waals surface area contributed by atoms with Gasteiger partial charge in [0.25, 0.3) is 0 Å². The van der Waals surface area contributed by atoms with Crippen molar-refractivity contribution < 1.29 is 4.39 Å². The molecule has 3 aromatic rings. The number of halogens is 3. The molecule has 0 fully saturated rings. The van der Waals surface area contributed by atoms with Gasteiger partial charge < -0.3 is 4.98 Å². The predicted octanol–water partition coefficient (Wildman–Crippen LogP) is 5.69. The average Bonchev–Trinajstić information content (AvgIpc) is 2.95. The molecule has 0 unspecified atom stereocenters. The van der Waals surface area contributed by atoms with Gasteiger partial charge in [0.2, 0.25) is 0 Å². The van der Waals surface area contributed by atoms with E-state index in [1.54, 1.807) is 30.5 Å². The van der Waals surface area contributed by atoms with Crippen LogP contribution in [-0.4, -0.2) is 9.97 Å². The first-order chi connectivity index (χ1) is 10.6. The molecule has 110 valence electrons. The Morgan fingerprint density at radius 1 is 1.00 bits per heavy atom. The lowest BCUT2D eigenvalue weighted by Gasteiger charge is -2.01. The molecule has 0 aliphatic carbocycles. The van der Waals surface area contributed by atoms with Crippen molar-refractivity contribution in [2.75, 3.05) is 0 Å². The highest BCUT2D eigenvalue weighted by molar-refractivity contribution is 6.36. The molecule has 0 bridgehead atoms. The van der Waals surface area contributed by atoms with E-state index in [2.05, 4.69) is 9.97 Å². The normalized spacial score (nSPS) is 11.2. The molecule has 0 spiro atoms. The molecule has 22 heavy (non-hydrogen) atoms. The van der Waals surface area contributed by atoms with Crippen molar-refractivity contribution in [2.24, 2.45) is 0 Å². The van der Waals surface area contributed by atoms with Crippen LogP contribution in [0.15, 0.2) is 48.7 Å². The third-order valence-electron chi connectivity index (χ3n) is 3.12. The van der Waals surface area contributed by atoms with Gasteiger partial charge in [-0.1, -0.05) is 41.4 Å². The van der Waals surface area contributed by atoms with Gasteiger partial charge in [0.15, 0.2) is 0 Å². The Morgan fingerprint density at radius 3 is 2.50 bits per heavy atom. The lowest BCUT2D eigenvalue weighted by molar-refractivity contribution is 0.628. The molecule has 3 rings (SSSR count). The maximum absolute atomic E-state index is 12.8. The summed E-state index contributed by atoms with van der Waals surface area (Å²) in [4.78, 5) is 7.45. The molecule has 0 aliphatic rings. The van der Waals surface area contributed by atoms with Crippen LogP contribution in [0.4, 0.5) is 4.39 Å². The first-order valence-electron chi connectivity index (χ1n) is 6.56. The van der Waals surface area contributed by atoms with Crippen LogP contribution in [0.25, 0.3) is 23.4 Å². The highest BCUT2D eigenvalue weighted by atomic mass is 35.5. The summed E-state index contributed by atoms with van der Waals surface area (Å²) in [6.45, 7) is 0. The number of imidazole rings is 1. The molecule has 0 amide bonds. The van der Waals surface area contributed by atoms with Crippen LogP contribution in [0.2, 0.25) is 10.0 Å². The summed E-state index contributed by atoms with van der Waals surface area (Å²) in [7, 11) is 0. The molecule has 0 atom stereocenters. The van der Waals surface area contributed by atoms with Gasteiger partial charge in [0, 0.05) is 10.6 Å². The van der Waals surface area contributed by atoms with Gasteiger partial charge in [0.05, 0.1) is 16.9 Å². The SMILES string of the molecule is Fc1ccc(/C=C/c2ncc(-c3ccc(Cl)cc3Cl)[nH]2)cc1. The van der Waals surface area contributed by atoms with Crippen LogP contribution in [0.3, 0.4) is 0 Å². The molecule has 0 saturated heterocycles. The van der Waals surface area contributed by atoms with Crippen LogP contribution in [-0.2, 0) is 0 Å². The number of benzene rings is 2. The second kappa shape index (κ2) is 6.34. The van der Waals surface area contributed by atoms with Crippen molar-refractivity contribution in [1.82, 2.24) is 9.97 Å². The average molecular weight is 333 g/mol. The number of rotatable bonds is 3. The van der Waals surface area contributed by atoms with Crippen LogP contribution in [0, 0.1) is 5.82 Å². The summed E-state index contributed by atoms with van der Waals surface area (Å²) in [6.07, 6.45) is 5.38. The van der Waals surface area contributed by atoms with Gasteiger partial charge in [-0.05, 0) is 42.0 Å². The van der Waals surface area contributed by atoms with Gasteiger partial charge >= 0.3 is 0 Å². The number of hydrogen-bond donors (Lipinski definition) is 1. The fourth-order valence-corrected chi connectivity index (χ4v) is 2.53. The van der Waals surface area contributed by atoms with E-state index in [1.807, 2.05) is 18.2 Å². The zero-order valence-electron chi connectivity index (χ0n) is 11.4. The number of hydrogen-bond acceptors (Lipinski definition) is 1. The maximum atomic E-state index is 12.8. The first kappa shape index (κ1) is 14.8. The molecule has 0 aliphatic heterocycles. The molecule has 5 heteroatoms. The highest BCUT2D eigenvalue weighted by Gasteiger charge is 2.06. The van der Waals surface area contributed by atoms with Crippen LogP contribution in [0.1, 0.15) is 11.4 Å². The van der Waals surface area contributed by atoms with Crippen molar-refractivity contribution >= 4 is 35.4 Å². The molecule has 0 saturated carbocycles. The summed E-state index contributed by atoms with van der Waals surface area (Å²) in [5.74, 6) is 0.431. The van der Waals surface area contributed by atoms with Crippen molar-refractivity contribution in [1.29, 1.82) is 0 Å². The van der Waals surface area contributed by atoms with Crippen molar-refractivity contribution in [3.05, 3.63) is 75.9 Å². The summed E-state index contributed by atoms with van der Waals surface area (Å²) in [6, 6.07) is 11.5. The Morgan fingerprint density at radius 2 is 1.77 bits per heavy atom. The lowest BCUT2D eigenvalue weighted by atomic mass is 10.2. The smallest absolute Gasteiger partial charge is 0.130 e. The lowest BCUT2D eigenvalue weighted by Crippen LogP contribution is -1.80. The number of aromatic nitrogens is 2. The van der Waals surface area contributed by atoms with Gasteiger partial charge in [-0.15, -0.1) is 0 Å². The summed E-state index contributed by atoms with van der Waals surface area (Å²) in [5.41, 5.74) is 2.53. The van der Waals surface area contributed by atoms with Gasteiger partial charge in [-0.2, -0.15) is 0 Å². The molecule has 1 heterocycles. The minimum Gasteiger partial charge on any atom is -0.338 e.